The van der Waals surface area contributed by atoms with E-state index in [1.165, 1.54) is 11.1 Å². The first-order chi connectivity index (χ1) is 9.50. The SMILES string of the molecule is Cc1ccccc1CCC(O)c1c(Cl)cnn1C(C)C. The van der Waals surface area contributed by atoms with Gasteiger partial charge in [-0.1, -0.05) is 35.9 Å². The summed E-state index contributed by atoms with van der Waals surface area (Å²) in [5.41, 5.74) is 3.23. The molecular weight excluding hydrogens is 272 g/mol. The molecule has 1 atom stereocenters. The minimum atomic E-state index is -0.591. The summed E-state index contributed by atoms with van der Waals surface area (Å²) in [4.78, 5) is 0. The van der Waals surface area contributed by atoms with Crippen LogP contribution in [0.5, 0.6) is 0 Å². The van der Waals surface area contributed by atoms with Crippen LogP contribution < -0.4 is 0 Å². The van der Waals surface area contributed by atoms with Crippen LogP contribution in [-0.2, 0) is 6.42 Å². The molecule has 3 nitrogen and oxygen atoms in total. The van der Waals surface area contributed by atoms with E-state index in [2.05, 4.69) is 24.2 Å². The third kappa shape index (κ3) is 3.22. The maximum Gasteiger partial charge on any atom is 0.0975 e. The van der Waals surface area contributed by atoms with Gasteiger partial charge in [0.15, 0.2) is 0 Å². The molecule has 2 aromatic rings. The lowest BCUT2D eigenvalue weighted by molar-refractivity contribution is 0.154. The molecule has 0 saturated heterocycles. The van der Waals surface area contributed by atoms with Gasteiger partial charge in [-0.05, 0) is 44.7 Å². The Morgan fingerprint density at radius 1 is 1.30 bits per heavy atom. The lowest BCUT2D eigenvalue weighted by Gasteiger charge is -2.17. The van der Waals surface area contributed by atoms with E-state index in [1.54, 1.807) is 10.9 Å². The second-order valence-corrected chi connectivity index (χ2v) is 5.80. The van der Waals surface area contributed by atoms with Crippen molar-refractivity contribution in [3.05, 3.63) is 52.3 Å². The molecule has 108 valence electrons. The highest BCUT2D eigenvalue weighted by Crippen LogP contribution is 2.28. The summed E-state index contributed by atoms with van der Waals surface area (Å²) in [7, 11) is 0. The fourth-order valence-corrected chi connectivity index (χ4v) is 2.65. The van der Waals surface area contributed by atoms with Crippen molar-refractivity contribution in [2.75, 3.05) is 0 Å². The van der Waals surface area contributed by atoms with Crippen molar-refractivity contribution in [1.29, 1.82) is 0 Å². The molecule has 1 aromatic carbocycles. The standard InChI is InChI=1S/C16H21ClN2O/c1-11(2)19-16(14(17)10-18-19)15(20)9-8-13-7-5-4-6-12(13)3/h4-7,10-11,15,20H,8-9H2,1-3H3. The number of halogens is 1. The number of aliphatic hydroxyl groups is 1. The van der Waals surface area contributed by atoms with Crippen LogP contribution in [0.3, 0.4) is 0 Å². The van der Waals surface area contributed by atoms with Crippen molar-refractivity contribution in [2.45, 2.75) is 45.8 Å². The van der Waals surface area contributed by atoms with Gasteiger partial charge in [0.1, 0.15) is 0 Å². The van der Waals surface area contributed by atoms with Crippen molar-refractivity contribution in [3.63, 3.8) is 0 Å². The summed E-state index contributed by atoms with van der Waals surface area (Å²) in [6.07, 6.45) is 2.48. The van der Waals surface area contributed by atoms with Crippen LogP contribution in [0.2, 0.25) is 5.02 Å². The van der Waals surface area contributed by atoms with Gasteiger partial charge in [0, 0.05) is 6.04 Å². The molecule has 0 aliphatic carbocycles. The van der Waals surface area contributed by atoms with Crippen LogP contribution in [0.1, 0.15) is 49.2 Å². The summed E-state index contributed by atoms with van der Waals surface area (Å²) in [5, 5.41) is 15.2. The van der Waals surface area contributed by atoms with Gasteiger partial charge in [0.05, 0.1) is 23.0 Å². The molecule has 0 fully saturated rings. The molecule has 1 aromatic heterocycles. The molecule has 1 heterocycles. The van der Waals surface area contributed by atoms with E-state index in [1.807, 2.05) is 26.0 Å². The molecule has 0 amide bonds. The van der Waals surface area contributed by atoms with E-state index in [-0.39, 0.29) is 6.04 Å². The Labute approximate surface area is 125 Å². The number of hydrogen-bond acceptors (Lipinski definition) is 2. The van der Waals surface area contributed by atoms with Crippen molar-refractivity contribution in [3.8, 4) is 0 Å². The van der Waals surface area contributed by atoms with E-state index in [0.717, 1.165) is 12.1 Å². The Bertz CT molecular complexity index is 578. The second-order valence-electron chi connectivity index (χ2n) is 5.40. The number of hydrogen-bond donors (Lipinski definition) is 1. The fourth-order valence-electron chi connectivity index (χ4n) is 2.39. The lowest BCUT2D eigenvalue weighted by atomic mass is 10.0. The predicted molar refractivity (Wildman–Crippen MR) is 82.1 cm³/mol. The zero-order chi connectivity index (χ0) is 14.7. The summed E-state index contributed by atoms with van der Waals surface area (Å²) >= 11 is 6.15. The van der Waals surface area contributed by atoms with Crippen molar-refractivity contribution in [1.82, 2.24) is 9.78 Å². The van der Waals surface area contributed by atoms with Crippen molar-refractivity contribution >= 4 is 11.6 Å². The molecule has 20 heavy (non-hydrogen) atoms. The van der Waals surface area contributed by atoms with Gasteiger partial charge in [-0.15, -0.1) is 0 Å². The Morgan fingerprint density at radius 2 is 2.00 bits per heavy atom. The number of rotatable bonds is 5. The average Bonchev–Trinajstić information content (AvgIpc) is 2.79. The second kappa shape index (κ2) is 6.42. The van der Waals surface area contributed by atoms with Gasteiger partial charge in [-0.25, -0.2) is 0 Å². The van der Waals surface area contributed by atoms with E-state index in [4.69, 9.17) is 11.6 Å². The van der Waals surface area contributed by atoms with E-state index < -0.39 is 6.10 Å². The maximum absolute atomic E-state index is 10.4. The van der Waals surface area contributed by atoms with Gasteiger partial charge < -0.3 is 5.11 Å². The third-order valence-electron chi connectivity index (χ3n) is 3.54. The molecule has 0 aliphatic heterocycles. The molecular formula is C16H21ClN2O. The molecule has 1 N–H and O–H groups in total. The Balaban J connectivity index is 2.11. The highest BCUT2D eigenvalue weighted by Gasteiger charge is 2.19. The van der Waals surface area contributed by atoms with Crippen molar-refractivity contribution in [2.24, 2.45) is 0 Å². The van der Waals surface area contributed by atoms with Gasteiger partial charge in [-0.3, -0.25) is 4.68 Å². The quantitative estimate of drug-likeness (QED) is 0.901. The predicted octanol–water partition coefficient (Wildman–Crippen LogP) is 4.09. The maximum atomic E-state index is 10.4. The van der Waals surface area contributed by atoms with Gasteiger partial charge in [0.2, 0.25) is 0 Å². The largest absolute Gasteiger partial charge is 0.387 e. The highest BCUT2D eigenvalue weighted by atomic mass is 35.5. The molecule has 0 aliphatic rings. The number of aryl methyl sites for hydroxylation is 2. The molecule has 0 saturated carbocycles. The van der Waals surface area contributed by atoms with Gasteiger partial charge >= 0.3 is 0 Å². The Kier molecular flexibility index (Phi) is 4.84. The highest BCUT2D eigenvalue weighted by molar-refractivity contribution is 6.31. The normalized spacial score (nSPS) is 12.9. The smallest absolute Gasteiger partial charge is 0.0975 e. The first-order valence-electron chi connectivity index (χ1n) is 6.96. The zero-order valence-corrected chi connectivity index (χ0v) is 12.9. The minimum absolute atomic E-state index is 0.186. The van der Waals surface area contributed by atoms with E-state index >= 15 is 0 Å². The molecule has 1 unspecified atom stereocenters. The van der Waals surface area contributed by atoms with Crippen molar-refractivity contribution < 1.29 is 5.11 Å². The van der Waals surface area contributed by atoms with Crippen LogP contribution in [-0.4, -0.2) is 14.9 Å². The van der Waals surface area contributed by atoms with Crippen LogP contribution in [0.15, 0.2) is 30.5 Å². The Morgan fingerprint density at radius 3 is 2.65 bits per heavy atom. The average molecular weight is 293 g/mol. The number of benzene rings is 1. The lowest BCUT2D eigenvalue weighted by Crippen LogP contribution is -2.12. The molecule has 0 radical (unpaired) electrons. The molecule has 4 heteroatoms. The summed E-state index contributed by atoms with van der Waals surface area (Å²) in [6, 6.07) is 8.43. The molecule has 0 spiro atoms. The first-order valence-corrected chi connectivity index (χ1v) is 7.34. The minimum Gasteiger partial charge on any atom is -0.387 e. The van der Waals surface area contributed by atoms with Crippen LogP contribution in [0, 0.1) is 6.92 Å². The van der Waals surface area contributed by atoms with Gasteiger partial charge in [-0.2, -0.15) is 5.10 Å². The van der Waals surface area contributed by atoms with Crippen LogP contribution >= 0.6 is 11.6 Å². The summed E-state index contributed by atoms with van der Waals surface area (Å²) in [5.74, 6) is 0. The Hall–Kier alpha value is -1.32. The number of aliphatic hydroxyl groups excluding tert-OH is 1. The van der Waals surface area contributed by atoms with E-state index in [9.17, 15) is 5.11 Å². The topological polar surface area (TPSA) is 38.1 Å². The zero-order valence-electron chi connectivity index (χ0n) is 12.2. The summed E-state index contributed by atoms with van der Waals surface area (Å²) in [6.45, 7) is 6.15. The monoisotopic (exact) mass is 292 g/mol. The summed E-state index contributed by atoms with van der Waals surface area (Å²) < 4.78 is 1.80. The van der Waals surface area contributed by atoms with Crippen LogP contribution in [0.4, 0.5) is 0 Å². The third-order valence-corrected chi connectivity index (χ3v) is 3.83. The number of aromatic nitrogens is 2. The van der Waals surface area contributed by atoms with Crippen LogP contribution in [0.25, 0.3) is 0 Å². The first kappa shape index (κ1) is 15.1. The fraction of sp³-hybridized carbons (Fsp3) is 0.438. The molecule has 2 rings (SSSR count). The van der Waals surface area contributed by atoms with Gasteiger partial charge in [0.25, 0.3) is 0 Å². The molecule has 0 bridgehead atoms. The van der Waals surface area contributed by atoms with E-state index in [0.29, 0.717) is 11.4 Å². The number of nitrogens with zero attached hydrogens (tertiary/aromatic N) is 2.